The van der Waals surface area contributed by atoms with Crippen LogP contribution in [-0.4, -0.2) is 28.6 Å². The van der Waals surface area contributed by atoms with E-state index in [0.29, 0.717) is 5.92 Å². The van der Waals surface area contributed by atoms with E-state index < -0.39 is 0 Å². The van der Waals surface area contributed by atoms with Gasteiger partial charge in [-0.15, -0.1) is 11.3 Å². The number of carbonyl (C=O) groups is 1. The van der Waals surface area contributed by atoms with Crippen LogP contribution in [0.25, 0.3) is 5.69 Å². The van der Waals surface area contributed by atoms with E-state index in [0.717, 1.165) is 41.3 Å². The predicted molar refractivity (Wildman–Crippen MR) is 106 cm³/mol. The number of nitrogens with zero attached hydrogens (tertiary/aromatic N) is 3. The number of hydrogen-bond donors (Lipinski definition) is 0. The smallest absolute Gasteiger partial charge is 0.323 e. The quantitative estimate of drug-likeness (QED) is 0.733. The van der Waals surface area contributed by atoms with E-state index in [1.54, 1.807) is 11.3 Å². The molecule has 0 atom stereocenters. The maximum atomic E-state index is 12.4. The predicted octanol–water partition coefficient (Wildman–Crippen LogP) is 5.01. The van der Waals surface area contributed by atoms with Gasteiger partial charge in [0.25, 0.3) is 0 Å². The van der Waals surface area contributed by atoms with Gasteiger partial charge in [0.15, 0.2) is 4.80 Å². The van der Waals surface area contributed by atoms with Gasteiger partial charge in [0.2, 0.25) is 0 Å². The van der Waals surface area contributed by atoms with Crippen molar-refractivity contribution in [2.24, 2.45) is 4.99 Å². The maximum Gasteiger partial charge on any atom is 0.346 e. The Hall–Kier alpha value is -1.88. The Morgan fingerprint density at radius 1 is 1.04 bits per heavy atom. The molecule has 2 heterocycles. The minimum Gasteiger partial charge on any atom is -0.323 e. The van der Waals surface area contributed by atoms with Crippen LogP contribution in [0.5, 0.6) is 0 Å². The first-order valence-electron chi connectivity index (χ1n) is 9.84. The highest BCUT2D eigenvalue weighted by atomic mass is 32.1. The average Bonchev–Trinajstić information content (AvgIpc) is 3.33. The van der Waals surface area contributed by atoms with Crippen molar-refractivity contribution in [3.8, 4) is 5.69 Å². The van der Waals surface area contributed by atoms with E-state index in [4.69, 9.17) is 0 Å². The summed E-state index contributed by atoms with van der Waals surface area (Å²) in [6.45, 7) is 3.74. The second kappa shape index (κ2) is 7.78. The molecule has 0 spiro atoms. The lowest BCUT2D eigenvalue weighted by Crippen LogP contribution is -2.27. The molecule has 0 unspecified atom stereocenters. The molecular formula is C21H27N3OS. The Morgan fingerprint density at radius 2 is 1.73 bits per heavy atom. The minimum absolute atomic E-state index is 0.100. The van der Waals surface area contributed by atoms with Crippen molar-refractivity contribution >= 4 is 17.4 Å². The van der Waals surface area contributed by atoms with Gasteiger partial charge in [0.1, 0.15) is 0 Å². The van der Waals surface area contributed by atoms with E-state index in [1.807, 2.05) is 4.90 Å². The summed E-state index contributed by atoms with van der Waals surface area (Å²) in [4.78, 5) is 20.6. The van der Waals surface area contributed by atoms with Crippen LogP contribution in [-0.2, 0) is 0 Å². The van der Waals surface area contributed by atoms with Crippen molar-refractivity contribution in [1.29, 1.82) is 0 Å². The molecule has 0 bridgehead atoms. The molecule has 1 saturated carbocycles. The number of likely N-dealkylation sites (tertiary alicyclic amines) is 1. The lowest BCUT2D eigenvalue weighted by molar-refractivity contribution is 0.218. The molecule has 1 saturated heterocycles. The molecule has 2 fully saturated rings. The molecule has 26 heavy (non-hydrogen) atoms. The van der Waals surface area contributed by atoms with E-state index in [9.17, 15) is 4.79 Å². The van der Waals surface area contributed by atoms with Crippen molar-refractivity contribution in [2.45, 2.75) is 57.8 Å². The molecule has 138 valence electrons. The van der Waals surface area contributed by atoms with Crippen molar-refractivity contribution in [3.05, 3.63) is 45.7 Å². The third kappa shape index (κ3) is 3.78. The van der Waals surface area contributed by atoms with Crippen LogP contribution in [0.1, 0.15) is 61.3 Å². The third-order valence-corrected chi connectivity index (χ3v) is 6.48. The number of benzene rings is 1. The first kappa shape index (κ1) is 17.5. The van der Waals surface area contributed by atoms with Crippen LogP contribution in [0.15, 0.2) is 35.5 Å². The molecule has 1 aliphatic heterocycles. The molecule has 1 aliphatic carbocycles. The largest absolute Gasteiger partial charge is 0.346 e. The number of aryl methyl sites for hydroxylation is 1. The van der Waals surface area contributed by atoms with Gasteiger partial charge in [-0.3, -0.25) is 4.57 Å². The zero-order valence-electron chi connectivity index (χ0n) is 15.5. The number of aromatic nitrogens is 1. The molecular weight excluding hydrogens is 342 g/mol. The Balaban J connectivity index is 1.60. The van der Waals surface area contributed by atoms with Gasteiger partial charge in [-0.2, -0.15) is 4.99 Å². The average molecular weight is 370 g/mol. The number of thiazole rings is 1. The summed E-state index contributed by atoms with van der Waals surface area (Å²) in [5.41, 5.74) is 2.54. The Kier molecular flexibility index (Phi) is 5.25. The van der Waals surface area contributed by atoms with Crippen molar-refractivity contribution in [2.75, 3.05) is 13.1 Å². The SMILES string of the molecule is Cc1cn(-c2ccc(C3CCCCC3)cc2)/c(=N/C(=O)N2CCCC2)s1. The van der Waals surface area contributed by atoms with Gasteiger partial charge in [0, 0.05) is 29.9 Å². The van der Waals surface area contributed by atoms with Gasteiger partial charge in [-0.25, -0.2) is 4.79 Å². The van der Waals surface area contributed by atoms with Crippen LogP contribution in [0, 0.1) is 6.92 Å². The van der Waals surface area contributed by atoms with Crippen LogP contribution < -0.4 is 4.80 Å². The Labute approximate surface area is 159 Å². The van der Waals surface area contributed by atoms with Gasteiger partial charge in [-0.05, 0) is 56.2 Å². The van der Waals surface area contributed by atoms with Crippen LogP contribution in [0.4, 0.5) is 4.79 Å². The molecule has 0 radical (unpaired) electrons. The number of carbonyl (C=O) groups excluding carboxylic acids is 1. The van der Waals surface area contributed by atoms with Crippen LogP contribution >= 0.6 is 11.3 Å². The highest BCUT2D eigenvalue weighted by Crippen LogP contribution is 2.32. The topological polar surface area (TPSA) is 37.6 Å². The fraction of sp³-hybridized carbons (Fsp3) is 0.524. The van der Waals surface area contributed by atoms with Gasteiger partial charge in [-0.1, -0.05) is 31.4 Å². The number of rotatable bonds is 2. The first-order chi connectivity index (χ1) is 12.7. The lowest BCUT2D eigenvalue weighted by atomic mass is 9.84. The number of urea groups is 1. The van der Waals surface area contributed by atoms with Gasteiger partial charge >= 0.3 is 6.03 Å². The molecule has 2 aliphatic rings. The second-order valence-corrected chi connectivity index (χ2v) is 8.72. The Bertz CT molecular complexity index is 822. The lowest BCUT2D eigenvalue weighted by Gasteiger charge is -2.22. The summed E-state index contributed by atoms with van der Waals surface area (Å²) in [6, 6.07) is 8.77. The summed E-state index contributed by atoms with van der Waals surface area (Å²) >= 11 is 1.58. The van der Waals surface area contributed by atoms with Crippen molar-refractivity contribution in [3.63, 3.8) is 0 Å². The molecule has 4 rings (SSSR count). The molecule has 5 heteroatoms. The highest BCUT2D eigenvalue weighted by molar-refractivity contribution is 7.09. The molecule has 2 aromatic rings. The minimum atomic E-state index is -0.100. The molecule has 2 amide bonds. The van der Waals surface area contributed by atoms with Crippen LogP contribution in [0.2, 0.25) is 0 Å². The molecule has 1 aromatic heterocycles. The molecule has 4 nitrogen and oxygen atoms in total. The summed E-state index contributed by atoms with van der Waals surface area (Å²) in [5.74, 6) is 0.716. The number of hydrogen-bond acceptors (Lipinski definition) is 2. The fourth-order valence-electron chi connectivity index (χ4n) is 4.12. The van der Waals surface area contributed by atoms with E-state index in [1.165, 1.54) is 37.7 Å². The first-order valence-corrected chi connectivity index (χ1v) is 10.7. The Morgan fingerprint density at radius 3 is 2.42 bits per heavy atom. The monoisotopic (exact) mass is 369 g/mol. The highest BCUT2D eigenvalue weighted by Gasteiger charge is 2.18. The third-order valence-electron chi connectivity index (χ3n) is 5.58. The zero-order valence-corrected chi connectivity index (χ0v) is 16.3. The molecule has 0 N–H and O–H groups in total. The van der Waals surface area contributed by atoms with Crippen LogP contribution in [0.3, 0.4) is 0 Å². The standard InChI is InChI=1S/C21H27N3OS/c1-16-15-24(21(26-16)22-20(25)23-13-5-6-14-23)19-11-9-18(10-12-19)17-7-3-2-4-8-17/h9-12,15,17H,2-8,13-14H2,1H3/b22-21-. The summed E-state index contributed by atoms with van der Waals surface area (Å²) in [7, 11) is 0. The fourth-order valence-corrected chi connectivity index (χ4v) is 4.95. The summed E-state index contributed by atoms with van der Waals surface area (Å²) < 4.78 is 2.05. The second-order valence-electron chi connectivity index (χ2n) is 7.51. The normalized spacial score (nSPS) is 19.3. The van der Waals surface area contributed by atoms with E-state index in [2.05, 4.69) is 46.9 Å². The van der Waals surface area contributed by atoms with Crippen molar-refractivity contribution in [1.82, 2.24) is 9.47 Å². The summed E-state index contributed by atoms with van der Waals surface area (Å²) in [6.07, 6.45) is 11.0. The maximum absolute atomic E-state index is 12.4. The number of amides is 2. The van der Waals surface area contributed by atoms with E-state index in [-0.39, 0.29) is 6.03 Å². The van der Waals surface area contributed by atoms with E-state index >= 15 is 0 Å². The van der Waals surface area contributed by atoms with Gasteiger partial charge < -0.3 is 4.90 Å². The van der Waals surface area contributed by atoms with Gasteiger partial charge in [0.05, 0.1) is 0 Å². The molecule has 1 aromatic carbocycles. The summed E-state index contributed by atoms with van der Waals surface area (Å²) in [5, 5.41) is 0. The zero-order chi connectivity index (χ0) is 17.9. The van der Waals surface area contributed by atoms with Crippen molar-refractivity contribution < 1.29 is 4.79 Å².